The molecule has 2 aromatic rings. The number of benzene rings is 1. The molecule has 1 N–H and O–H groups in total. The van der Waals surface area contributed by atoms with Crippen LogP contribution in [0.4, 0.5) is 18.9 Å². The van der Waals surface area contributed by atoms with Crippen molar-refractivity contribution in [1.29, 1.82) is 0 Å². The second-order valence-corrected chi connectivity index (χ2v) is 7.29. The molecule has 2 fully saturated rings. The van der Waals surface area contributed by atoms with Crippen molar-refractivity contribution >= 4 is 28.4 Å². The Morgan fingerprint density at radius 3 is 2.19 bits per heavy atom. The minimum atomic E-state index is -4.69. The molecule has 1 aliphatic heterocycles. The average molecular weight is 374 g/mol. The van der Waals surface area contributed by atoms with Gasteiger partial charge in [0.15, 0.2) is 0 Å². The highest BCUT2D eigenvalue weighted by Gasteiger charge is 2.59. The average Bonchev–Trinajstić information content (AvgIpc) is 3.26. The fraction of sp³-hybridized carbons (Fsp3) is 0.316. The highest BCUT2D eigenvalue weighted by Crippen LogP contribution is 2.53. The highest BCUT2D eigenvalue weighted by atomic mass is 19.4. The van der Waals surface area contributed by atoms with E-state index in [1.54, 1.807) is 0 Å². The van der Waals surface area contributed by atoms with Crippen molar-refractivity contribution in [3.05, 3.63) is 52.3 Å². The molecule has 0 radical (unpaired) electrons. The molecule has 0 spiro atoms. The number of carbonyl (C=O) groups is 2. The Hall–Kier alpha value is -2.90. The third-order valence-electron chi connectivity index (χ3n) is 5.86. The lowest BCUT2D eigenvalue weighted by Gasteiger charge is -2.18. The number of alkyl halides is 3. The van der Waals surface area contributed by atoms with Crippen LogP contribution in [0.25, 0.3) is 10.9 Å². The summed E-state index contributed by atoms with van der Waals surface area (Å²) in [4.78, 5) is 40.7. The Bertz CT molecular complexity index is 1070. The molecule has 2 heterocycles. The first-order valence-electron chi connectivity index (χ1n) is 8.56. The summed E-state index contributed by atoms with van der Waals surface area (Å²) in [7, 11) is 0. The quantitative estimate of drug-likeness (QED) is 0.616. The van der Waals surface area contributed by atoms with Crippen molar-refractivity contribution in [3.8, 4) is 0 Å². The molecule has 4 atom stereocenters. The molecule has 5 rings (SSSR count). The van der Waals surface area contributed by atoms with Crippen LogP contribution in [0.2, 0.25) is 0 Å². The Kier molecular flexibility index (Phi) is 3.07. The van der Waals surface area contributed by atoms with Crippen LogP contribution in [0.15, 0.2) is 41.2 Å². The van der Waals surface area contributed by atoms with Crippen LogP contribution in [0, 0.1) is 23.7 Å². The van der Waals surface area contributed by atoms with Crippen LogP contribution in [0.1, 0.15) is 12.0 Å². The maximum atomic E-state index is 13.2. The van der Waals surface area contributed by atoms with Gasteiger partial charge in [-0.3, -0.25) is 14.4 Å². The van der Waals surface area contributed by atoms with E-state index in [1.807, 2.05) is 12.2 Å². The number of halogens is 3. The van der Waals surface area contributed by atoms with E-state index in [9.17, 15) is 27.6 Å². The lowest BCUT2D eigenvalue weighted by Crippen LogP contribution is -2.32. The SMILES string of the molecule is O=C1C2C3C=CC(C3)C2C(=O)N1c1ccc2c(C(F)(F)F)cc(=O)[nH]c2c1. The van der Waals surface area contributed by atoms with Crippen molar-refractivity contribution in [3.63, 3.8) is 0 Å². The number of rotatable bonds is 1. The lowest BCUT2D eigenvalue weighted by atomic mass is 9.85. The van der Waals surface area contributed by atoms with Gasteiger partial charge < -0.3 is 4.98 Å². The first kappa shape index (κ1) is 16.3. The molecular weight excluding hydrogens is 361 g/mol. The lowest BCUT2D eigenvalue weighted by molar-refractivity contribution is -0.136. The van der Waals surface area contributed by atoms with Gasteiger partial charge in [0.1, 0.15) is 0 Å². The number of fused-ring (bicyclic) bond motifs is 6. The summed E-state index contributed by atoms with van der Waals surface area (Å²) in [6, 6.07) is 4.27. The molecule has 1 saturated heterocycles. The van der Waals surface area contributed by atoms with Gasteiger partial charge >= 0.3 is 6.18 Å². The molecule has 5 nitrogen and oxygen atoms in total. The molecule has 1 saturated carbocycles. The Balaban J connectivity index is 1.62. The molecule has 1 aromatic heterocycles. The summed E-state index contributed by atoms with van der Waals surface area (Å²) in [6.45, 7) is 0. The van der Waals surface area contributed by atoms with E-state index in [1.165, 1.54) is 18.2 Å². The van der Waals surface area contributed by atoms with E-state index in [-0.39, 0.29) is 40.2 Å². The standard InChI is InChI=1S/C19H13F3N2O3/c20-19(21,22)12-7-14(25)23-13-6-10(3-4-11(12)13)24-17(26)15-8-1-2-9(5-8)16(15)18(24)27/h1-4,6-9,15-16H,5H2,(H,23,25). The van der Waals surface area contributed by atoms with Crippen LogP contribution in [0.3, 0.4) is 0 Å². The first-order valence-corrected chi connectivity index (χ1v) is 8.56. The second-order valence-electron chi connectivity index (χ2n) is 7.29. The molecule has 2 amide bonds. The van der Waals surface area contributed by atoms with Gasteiger partial charge in [-0.05, 0) is 30.4 Å². The van der Waals surface area contributed by atoms with Crippen molar-refractivity contribution in [2.45, 2.75) is 12.6 Å². The number of aromatic amines is 1. The third kappa shape index (κ3) is 2.15. The number of carbonyl (C=O) groups excluding carboxylic acids is 2. The zero-order chi connectivity index (χ0) is 19.1. The van der Waals surface area contributed by atoms with Gasteiger partial charge in [-0.1, -0.05) is 18.2 Å². The Labute approximate surface area is 150 Å². The first-order chi connectivity index (χ1) is 12.8. The summed E-state index contributed by atoms with van der Waals surface area (Å²) in [5.74, 6) is -1.37. The van der Waals surface area contributed by atoms with E-state index in [4.69, 9.17) is 0 Å². The normalized spacial score (nSPS) is 29.2. The van der Waals surface area contributed by atoms with Gasteiger partial charge in [0.05, 0.1) is 28.6 Å². The fourth-order valence-corrected chi connectivity index (χ4v) is 4.78. The van der Waals surface area contributed by atoms with Crippen LogP contribution in [0.5, 0.6) is 0 Å². The zero-order valence-corrected chi connectivity index (χ0v) is 13.8. The topological polar surface area (TPSA) is 70.2 Å². The van der Waals surface area contributed by atoms with Gasteiger partial charge in [-0.25, -0.2) is 4.90 Å². The third-order valence-corrected chi connectivity index (χ3v) is 5.86. The summed E-state index contributed by atoms with van der Waals surface area (Å²) < 4.78 is 39.6. The van der Waals surface area contributed by atoms with Gasteiger partial charge in [0.25, 0.3) is 0 Å². The highest BCUT2D eigenvalue weighted by molar-refractivity contribution is 6.23. The van der Waals surface area contributed by atoms with E-state index in [2.05, 4.69) is 4.98 Å². The molecule has 1 aromatic carbocycles. The largest absolute Gasteiger partial charge is 0.417 e. The Morgan fingerprint density at radius 1 is 0.963 bits per heavy atom. The number of nitrogens with one attached hydrogen (secondary N) is 1. The smallest absolute Gasteiger partial charge is 0.322 e. The van der Waals surface area contributed by atoms with Crippen molar-refractivity contribution in [2.75, 3.05) is 4.90 Å². The monoisotopic (exact) mass is 374 g/mol. The Morgan fingerprint density at radius 2 is 1.59 bits per heavy atom. The number of H-pyrrole nitrogens is 1. The molecule has 4 unspecified atom stereocenters. The molecule has 2 bridgehead atoms. The van der Waals surface area contributed by atoms with E-state index < -0.39 is 29.1 Å². The number of hydrogen-bond acceptors (Lipinski definition) is 3. The molecule has 3 aliphatic rings. The summed E-state index contributed by atoms with van der Waals surface area (Å²) in [5, 5.41) is -0.188. The molecule has 8 heteroatoms. The van der Waals surface area contributed by atoms with E-state index in [0.717, 1.165) is 11.3 Å². The number of anilines is 1. The van der Waals surface area contributed by atoms with Gasteiger partial charge in [-0.2, -0.15) is 13.2 Å². The number of hydrogen-bond donors (Lipinski definition) is 1. The number of aromatic nitrogens is 1. The number of pyridine rings is 1. The maximum absolute atomic E-state index is 13.2. The second kappa shape index (κ2) is 5.09. The molecule has 27 heavy (non-hydrogen) atoms. The van der Waals surface area contributed by atoms with Gasteiger partial charge in [0.2, 0.25) is 17.4 Å². The molecule has 2 aliphatic carbocycles. The van der Waals surface area contributed by atoms with E-state index in [0.29, 0.717) is 6.07 Å². The van der Waals surface area contributed by atoms with Gasteiger partial charge in [0, 0.05) is 11.5 Å². The number of amides is 2. The van der Waals surface area contributed by atoms with Crippen LogP contribution >= 0.6 is 0 Å². The van der Waals surface area contributed by atoms with Gasteiger partial charge in [-0.15, -0.1) is 0 Å². The maximum Gasteiger partial charge on any atom is 0.417 e. The van der Waals surface area contributed by atoms with Crippen molar-refractivity contribution in [2.24, 2.45) is 23.7 Å². The number of allylic oxidation sites excluding steroid dienone is 2. The summed E-state index contributed by atoms with van der Waals surface area (Å²) in [6.07, 6.45) is 0.0395. The fourth-order valence-electron chi connectivity index (χ4n) is 4.78. The number of nitrogens with zero attached hydrogens (tertiary/aromatic N) is 1. The van der Waals surface area contributed by atoms with Crippen molar-refractivity contribution in [1.82, 2.24) is 4.98 Å². The number of imide groups is 1. The van der Waals surface area contributed by atoms with Crippen molar-refractivity contribution < 1.29 is 22.8 Å². The molecular formula is C19H13F3N2O3. The van der Waals surface area contributed by atoms with Crippen LogP contribution in [-0.2, 0) is 15.8 Å². The minimum absolute atomic E-state index is 0.0403. The predicted molar refractivity (Wildman–Crippen MR) is 89.8 cm³/mol. The summed E-state index contributed by atoms with van der Waals surface area (Å²) in [5.41, 5.74) is -1.83. The predicted octanol–water partition coefficient (Wildman–Crippen LogP) is 2.86. The van der Waals surface area contributed by atoms with Crippen LogP contribution < -0.4 is 10.5 Å². The summed E-state index contributed by atoms with van der Waals surface area (Å²) >= 11 is 0. The zero-order valence-electron chi connectivity index (χ0n) is 13.8. The molecule has 138 valence electrons. The minimum Gasteiger partial charge on any atom is -0.322 e. The van der Waals surface area contributed by atoms with E-state index >= 15 is 0 Å². The van der Waals surface area contributed by atoms with Crippen LogP contribution in [-0.4, -0.2) is 16.8 Å².